The van der Waals surface area contributed by atoms with Crippen molar-refractivity contribution >= 4 is 11.8 Å². The number of carbonyl (C=O) groups excluding carboxylic acids is 2. The summed E-state index contributed by atoms with van der Waals surface area (Å²) in [5.74, 6) is -1.06. The van der Waals surface area contributed by atoms with E-state index < -0.39 is 11.8 Å². The lowest BCUT2D eigenvalue weighted by Gasteiger charge is -2.13. The highest BCUT2D eigenvalue weighted by Crippen LogP contribution is 2.27. The Balaban J connectivity index is 2.21. The predicted molar refractivity (Wildman–Crippen MR) is 66.5 cm³/mol. The van der Waals surface area contributed by atoms with Crippen molar-refractivity contribution in [1.82, 2.24) is 15.4 Å². The SMILES string of the molecule is NCC(=O)NC(=O)c1ncccc1C1CCN(O)C1. The average molecular weight is 264 g/mol. The Kier molecular flexibility index (Phi) is 4.20. The van der Waals surface area contributed by atoms with Crippen molar-refractivity contribution in [2.24, 2.45) is 5.73 Å². The van der Waals surface area contributed by atoms with Gasteiger partial charge < -0.3 is 10.9 Å². The fraction of sp³-hybridized carbons (Fsp3) is 0.417. The molecule has 0 aliphatic carbocycles. The van der Waals surface area contributed by atoms with E-state index in [4.69, 9.17) is 5.73 Å². The van der Waals surface area contributed by atoms with Crippen LogP contribution in [0.4, 0.5) is 0 Å². The second kappa shape index (κ2) is 5.87. The number of hydrogen-bond donors (Lipinski definition) is 3. The van der Waals surface area contributed by atoms with Crippen molar-refractivity contribution in [2.75, 3.05) is 19.6 Å². The van der Waals surface area contributed by atoms with Crippen LogP contribution in [0.5, 0.6) is 0 Å². The third-order valence-electron chi connectivity index (χ3n) is 3.10. The molecule has 0 saturated carbocycles. The molecule has 1 aromatic rings. The van der Waals surface area contributed by atoms with E-state index in [1.807, 2.05) is 0 Å². The monoisotopic (exact) mass is 264 g/mol. The molecule has 7 nitrogen and oxygen atoms in total. The number of nitrogens with zero attached hydrogens (tertiary/aromatic N) is 2. The lowest BCUT2D eigenvalue weighted by Crippen LogP contribution is -2.36. The van der Waals surface area contributed by atoms with Gasteiger partial charge in [0.2, 0.25) is 5.91 Å². The molecule has 19 heavy (non-hydrogen) atoms. The van der Waals surface area contributed by atoms with Crippen LogP contribution in [-0.4, -0.2) is 46.7 Å². The van der Waals surface area contributed by atoms with Crippen LogP contribution in [0.15, 0.2) is 18.3 Å². The first kappa shape index (κ1) is 13.6. The Morgan fingerprint density at radius 3 is 3.00 bits per heavy atom. The molecule has 1 atom stereocenters. The van der Waals surface area contributed by atoms with E-state index in [0.717, 1.165) is 12.0 Å². The van der Waals surface area contributed by atoms with E-state index in [2.05, 4.69) is 10.3 Å². The number of nitrogens with one attached hydrogen (secondary N) is 1. The number of amides is 2. The zero-order valence-electron chi connectivity index (χ0n) is 10.4. The van der Waals surface area contributed by atoms with Gasteiger partial charge >= 0.3 is 0 Å². The van der Waals surface area contributed by atoms with Crippen LogP contribution in [0.2, 0.25) is 0 Å². The molecule has 7 heteroatoms. The highest BCUT2D eigenvalue weighted by atomic mass is 16.5. The minimum atomic E-state index is -0.553. The van der Waals surface area contributed by atoms with Gasteiger partial charge in [-0.05, 0) is 18.1 Å². The first-order chi connectivity index (χ1) is 9.11. The first-order valence-electron chi connectivity index (χ1n) is 6.04. The summed E-state index contributed by atoms with van der Waals surface area (Å²) < 4.78 is 0. The Labute approximate surface area is 110 Å². The molecule has 1 unspecified atom stereocenters. The molecule has 1 fully saturated rings. The molecule has 0 radical (unpaired) electrons. The molecule has 1 aromatic heterocycles. The Morgan fingerprint density at radius 1 is 1.58 bits per heavy atom. The van der Waals surface area contributed by atoms with Crippen molar-refractivity contribution in [2.45, 2.75) is 12.3 Å². The molecule has 2 rings (SSSR count). The number of hydrogen-bond acceptors (Lipinski definition) is 6. The number of pyridine rings is 1. The molecule has 0 bridgehead atoms. The topological polar surface area (TPSA) is 109 Å². The summed E-state index contributed by atoms with van der Waals surface area (Å²) in [6.07, 6.45) is 2.24. The van der Waals surface area contributed by atoms with Gasteiger partial charge in [0.25, 0.3) is 5.91 Å². The first-order valence-corrected chi connectivity index (χ1v) is 6.04. The standard InChI is InChI=1S/C12H16N4O3/c13-6-10(17)15-12(18)11-9(2-1-4-14-11)8-3-5-16(19)7-8/h1-2,4,8,19H,3,5-7,13H2,(H,15,17,18). The molecule has 1 aliphatic heterocycles. The molecular weight excluding hydrogens is 248 g/mol. The molecule has 1 saturated heterocycles. The highest BCUT2D eigenvalue weighted by Gasteiger charge is 2.27. The Hall–Kier alpha value is -1.83. The van der Waals surface area contributed by atoms with Crippen molar-refractivity contribution in [1.29, 1.82) is 0 Å². The van der Waals surface area contributed by atoms with Crippen molar-refractivity contribution in [3.8, 4) is 0 Å². The van der Waals surface area contributed by atoms with Crippen LogP contribution in [0.25, 0.3) is 0 Å². The van der Waals surface area contributed by atoms with Gasteiger partial charge in [-0.1, -0.05) is 6.07 Å². The fourth-order valence-electron chi connectivity index (χ4n) is 2.17. The van der Waals surface area contributed by atoms with Gasteiger partial charge in [0.15, 0.2) is 0 Å². The molecular formula is C12H16N4O3. The Bertz CT molecular complexity index is 492. The van der Waals surface area contributed by atoms with Crippen LogP contribution in [0, 0.1) is 0 Å². The second-order valence-corrected chi connectivity index (χ2v) is 4.42. The van der Waals surface area contributed by atoms with Gasteiger partial charge in [-0.2, -0.15) is 5.06 Å². The van der Waals surface area contributed by atoms with E-state index in [1.54, 1.807) is 12.1 Å². The molecule has 0 aromatic carbocycles. The van der Waals surface area contributed by atoms with Crippen molar-refractivity contribution in [3.63, 3.8) is 0 Å². The number of imide groups is 1. The molecule has 4 N–H and O–H groups in total. The summed E-state index contributed by atoms with van der Waals surface area (Å²) in [5, 5.41) is 12.8. The molecule has 0 spiro atoms. The van der Waals surface area contributed by atoms with Crippen molar-refractivity contribution in [3.05, 3.63) is 29.6 Å². The summed E-state index contributed by atoms with van der Waals surface area (Å²) in [6.45, 7) is 0.765. The third-order valence-corrected chi connectivity index (χ3v) is 3.10. The van der Waals surface area contributed by atoms with E-state index in [0.29, 0.717) is 13.1 Å². The van der Waals surface area contributed by atoms with E-state index in [1.165, 1.54) is 11.3 Å². The van der Waals surface area contributed by atoms with Gasteiger partial charge in [0.1, 0.15) is 5.69 Å². The van der Waals surface area contributed by atoms with Gasteiger partial charge in [-0.15, -0.1) is 0 Å². The zero-order valence-corrected chi connectivity index (χ0v) is 10.4. The molecule has 2 amide bonds. The summed E-state index contributed by atoms with van der Waals surface area (Å²) >= 11 is 0. The number of hydroxylamine groups is 2. The van der Waals surface area contributed by atoms with Crippen LogP contribution in [0.1, 0.15) is 28.4 Å². The van der Waals surface area contributed by atoms with Gasteiger partial charge in [0.05, 0.1) is 6.54 Å². The zero-order chi connectivity index (χ0) is 13.8. The maximum Gasteiger partial charge on any atom is 0.276 e. The van der Waals surface area contributed by atoms with Gasteiger partial charge in [-0.25, -0.2) is 0 Å². The van der Waals surface area contributed by atoms with Gasteiger partial charge in [-0.3, -0.25) is 19.9 Å². The van der Waals surface area contributed by atoms with E-state index >= 15 is 0 Å². The van der Waals surface area contributed by atoms with Crippen molar-refractivity contribution < 1.29 is 14.8 Å². The number of nitrogens with two attached hydrogens (primary N) is 1. The predicted octanol–water partition coefficient (Wildman–Crippen LogP) is -0.525. The number of carbonyl (C=O) groups is 2. The highest BCUT2D eigenvalue weighted by molar-refractivity contribution is 6.04. The quantitative estimate of drug-likeness (QED) is 0.677. The fourth-order valence-corrected chi connectivity index (χ4v) is 2.17. The smallest absolute Gasteiger partial charge is 0.276 e. The van der Waals surface area contributed by atoms with E-state index in [9.17, 15) is 14.8 Å². The summed E-state index contributed by atoms with van der Waals surface area (Å²) in [7, 11) is 0. The maximum absolute atomic E-state index is 11.9. The minimum Gasteiger partial charge on any atom is -0.322 e. The Morgan fingerprint density at radius 2 is 2.37 bits per heavy atom. The number of aromatic nitrogens is 1. The average Bonchev–Trinajstić information content (AvgIpc) is 2.85. The maximum atomic E-state index is 11.9. The summed E-state index contributed by atoms with van der Waals surface area (Å²) in [5.41, 5.74) is 6.10. The molecule has 102 valence electrons. The van der Waals surface area contributed by atoms with E-state index in [-0.39, 0.29) is 18.2 Å². The summed E-state index contributed by atoms with van der Waals surface area (Å²) in [6, 6.07) is 3.52. The normalized spacial score (nSPS) is 19.4. The summed E-state index contributed by atoms with van der Waals surface area (Å²) in [4.78, 5) is 27.1. The number of rotatable bonds is 3. The van der Waals surface area contributed by atoms with Crippen LogP contribution in [-0.2, 0) is 4.79 Å². The second-order valence-electron chi connectivity index (χ2n) is 4.42. The van der Waals surface area contributed by atoms with Crippen LogP contribution < -0.4 is 11.1 Å². The van der Waals surface area contributed by atoms with Gasteiger partial charge in [0, 0.05) is 25.2 Å². The molecule has 2 heterocycles. The lowest BCUT2D eigenvalue weighted by molar-refractivity contribution is -0.118. The lowest BCUT2D eigenvalue weighted by atomic mass is 9.96. The third kappa shape index (κ3) is 3.14. The minimum absolute atomic E-state index is 0.0347. The van der Waals surface area contributed by atoms with Crippen LogP contribution >= 0.6 is 0 Å². The molecule has 1 aliphatic rings. The van der Waals surface area contributed by atoms with Crippen LogP contribution in [0.3, 0.4) is 0 Å². The largest absolute Gasteiger partial charge is 0.322 e.